The van der Waals surface area contributed by atoms with E-state index >= 15 is 0 Å². The molecule has 0 aliphatic heterocycles. The highest BCUT2D eigenvalue weighted by Crippen LogP contribution is 2.37. The lowest BCUT2D eigenvalue weighted by Crippen LogP contribution is -2.53. The molecule has 40 heavy (non-hydrogen) atoms. The van der Waals surface area contributed by atoms with Gasteiger partial charge in [0.2, 0.25) is 11.8 Å². The summed E-state index contributed by atoms with van der Waals surface area (Å²) in [6.45, 7) is 8.93. The van der Waals surface area contributed by atoms with E-state index < -0.39 is 41.5 Å². The number of hydrogen-bond donors (Lipinski definition) is 3. The second-order valence-corrected chi connectivity index (χ2v) is 10.7. The van der Waals surface area contributed by atoms with E-state index in [1.54, 1.807) is 76.4 Å². The van der Waals surface area contributed by atoms with Crippen LogP contribution in [0.2, 0.25) is 0 Å². The molecule has 214 valence electrons. The SMILES string of the molecule is C=Cc1cccc(C(C(=O)Nc2ccc(OC)cc2)N(C(=O)C(CCC(N)=O)NC(=O)OC(C)(C)C)C2CC2)c1. The maximum atomic E-state index is 14.1. The molecule has 2 aromatic carbocycles. The number of nitrogens with zero attached hydrogens (tertiary/aromatic N) is 1. The standard InChI is InChI=1S/C30H38N4O6/c1-6-19-8-7-9-20(18-19)26(27(36)32-21-10-14-23(39-5)15-11-21)34(22-12-13-22)28(37)24(16-17-25(31)35)33-29(38)40-30(2,3)4/h6-11,14-15,18,22,24,26H,1,12-13,16-17H2,2-5H3,(H2,31,35)(H,32,36)(H,33,38). The zero-order valence-electron chi connectivity index (χ0n) is 23.4. The number of nitrogens with one attached hydrogen (secondary N) is 2. The van der Waals surface area contributed by atoms with Crippen LogP contribution in [0.4, 0.5) is 10.5 Å². The maximum Gasteiger partial charge on any atom is 0.408 e. The number of alkyl carbamates (subject to hydrolysis) is 1. The smallest absolute Gasteiger partial charge is 0.408 e. The number of carbonyl (C=O) groups is 4. The molecule has 4 N–H and O–H groups in total. The van der Waals surface area contributed by atoms with Gasteiger partial charge in [-0.2, -0.15) is 0 Å². The molecule has 10 nitrogen and oxygen atoms in total. The number of carbonyl (C=O) groups excluding carboxylic acids is 4. The van der Waals surface area contributed by atoms with Gasteiger partial charge < -0.3 is 30.7 Å². The lowest BCUT2D eigenvalue weighted by molar-refractivity contribution is -0.141. The Hall–Kier alpha value is -4.34. The van der Waals surface area contributed by atoms with E-state index in [0.717, 1.165) is 5.56 Å². The quantitative estimate of drug-likeness (QED) is 0.362. The molecular weight excluding hydrogens is 512 g/mol. The predicted octanol–water partition coefficient (Wildman–Crippen LogP) is 4.17. The predicted molar refractivity (Wildman–Crippen MR) is 152 cm³/mol. The Labute approximate surface area is 234 Å². The molecule has 0 heterocycles. The van der Waals surface area contributed by atoms with Gasteiger partial charge in [0.1, 0.15) is 23.4 Å². The highest BCUT2D eigenvalue weighted by Gasteiger charge is 2.44. The third-order valence-corrected chi connectivity index (χ3v) is 6.21. The van der Waals surface area contributed by atoms with Crippen LogP contribution in [-0.2, 0) is 19.1 Å². The number of primary amides is 1. The number of hydrogen-bond acceptors (Lipinski definition) is 6. The number of amides is 4. The van der Waals surface area contributed by atoms with Gasteiger partial charge in [0.15, 0.2) is 0 Å². The average Bonchev–Trinajstić information content (AvgIpc) is 3.73. The maximum absolute atomic E-state index is 14.1. The fourth-order valence-corrected chi connectivity index (χ4v) is 4.22. The lowest BCUT2D eigenvalue weighted by atomic mass is 9.99. The molecule has 3 rings (SSSR count). The van der Waals surface area contributed by atoms with Crippen molar-refractivity contribution in [3.63, 3.8) is 0 Å². The molecular formula is C30H38N4O6. The van der Waals surface area contributed by atoms with E-state index in [4.69, 9.17) is 15.2 Å². The number of anilines is 1. The summed E-state index contributed by atoms with van der Waals surface area (Å²) < 4.78 is 10.6. The zero-order valence-corrected chi connectivity index (χ0v) is 23.4. The topological polar surface area (TPSA) is 140 Å². The van der Waals surface area contributed by atoms with Crippen molar-refractivity contribution in [3.05, 3.63) is 66.2 Å². The van der Waals surface area contributed by atoms with E-state index in [0.29, 0.717) is 29.8 Å². The van der Waals surface area contributed by atoms with Crippen molar-refractivity contribution >= 4 is 35.6 Å². The van der Waals surface area contributed by atoms with E-state index in [1.165, 1.54) is 4.90 Å². The summed E-state index contributed by atoms with van der Waals surface area (Å²) in [7, 11) is 1.55. The minimum Gasteiger partial charge on any atom is -0.497 e. The minimum atomic E-state index is -1.14. The van der Waals surface area contributed by atoms with E-state index in [2.05, 4.69) is 17.2 Å². The first kappa shape index (κ1) is 30.2. The number of rotatable bonds is 12. The molecule has 0 radical (unpaired) electrons. The average molecular weight is 551 g/mol. The van der Waals surface area contributed by atoms with E-state index in [-0.39, 0.29) is 18.9 Å². The molecule has 4 amide bonds. The van der Waals surface area contributed by atoms with Gasteiger partial charge in [-0.05, 0) is 81.5 Å². The van der Waals surface area contributed by atoms with Gasteiger partial charge in [0.25, 0.3) is 5.91 Å². The molecule has 0 aromatic heterocycles. The van der Waals surface area contributed by atoms with Gasteiger partial charge in [-0.25, -0.2) is 4.79 Å². The summed E-state index contributed by atoms with van der Waals surface area (Å²) in [5, 5.41) is 5.51. The van der Waals surface area contributed by atoms with Gasteiger partial charge in [-0.3, -0.25) is 14.4 Å². The molecule has 1 saturated carbocycles. The Balaban J connectivity index is 2.00. The first-order valence-corrected chi connectivity index (χ1v) is 13.2. The highest BCUT2D eigenvalue weighted by molar-refractivity contribution is 5.99. The third kappa shape index (κ3) is 8.59. The van der Waals surface area contributed by atoms with Gasteiger partial charge in [-0.1, -0.05) is 30.9 Å². The van der Waals surface area contributed by atoms with Crippen molar-refractivity contribution in [2.45, 2.75) is 70.2 Å². The van der Waals surface area contributed by atoms with Crippen LogP contribution < -0.4 is 21.1 Å². The minimum absolute atomic E-state index is 0.0455. The molecule has 10 heteroatoms. The molecule has 0 bridgehead atoms. The molecule has 1 aliphatic rings. The van der Waals surface area contributed by atoms with Gasteiger partial charge in [0, 0.05) is 18.2 Å². The third-order valence-electron chi connectivity index (χ3n) is 6.21. The first-order valence-electron chi connectivity index (χ1n) is 13.2. The van der Waals surface area contributed by atoms with Crippen LogP contribution >= 0.6 is 0 Å². The molecule has 2 atom stereocenters. The van der Waals surface area contributed by atoms with Gasteiger partial charge >= 0.3 is 6.09 Å². The van der Waals surface area contributed by atoms with Crippen molar-refractivity contribution in [2.75, 3.05) is 12.4 Å². The summed E-state index contributed by atoms with van der Waals surface area (Å²) in [5.74, 6) is -0.922. The fourth-order valence-electron chi connectivity index (χ4n) is 4.22. The fraction of sp³-hybridized carbons (Fsp3) is 0.400. The monoisotopic (exact) mass is 550 g/mol. The Bertz CT molecular complexity index is 1230. The van der Waals surface area contributed by atoms with Crippen molar-refractivity contribution in [3.8, 4) is 5.75 Å². The van der Waals surface area contributed by atoms with Gasteiger partial charge in [-0.15, -0.1) is 0 Å². The van der Waals surface area contributed by atoms with Crippen LogP contribution in [-0.4, -0.2) is 53.5 Å². The highest BCUT2D eigenvalue weighted by atomic mass is 16.6. The Morgan fingerprint density at radius 1 is 1.12 bits per heavy atom. The number of ether oxygens (including phenoxy) is 2. The lowest BCUT2D eigenvalue weighted by Gasteiger charge is -2.34. The number of benzene rings is 2. The largest absolute Gasteiger partial charge is 0.497 e. The normalized spacial score (nSPS) is 14.3. The van der Waals surface area contributed by atoms with Crippen molar-refractivity contribution in [1.82, 2.24) is 10.2 Å². The first-order chi connectivity index (χ1) is 18.9. The summed E-state index contributed by atoms with van der Waals surface area (Å²) in [6, 6.07) is 11.7. The Kier molecular flexibility index (Phi) is 9.93. The van der Waals surface area contributed by atoms with Crippen LogP contribution in [0, 0.1) is 0 Å². The molecule has 0 saturated heterocycles. The van der Waals surface area contributed by atoms with Crippen molar-refractivity contribution < 1.29 is 28.7 Å². The molecule has 1 aliphatic carbocycles. The summed E-state index contributed by atoms with van der Waals surface area (Å²) in [4.78, 5) is 53.8. The van der Waals surface area contributed by atoms with Crippen LogP contribution in [0.3, 0.4) is 0 Å². The van der Waals surface area contributed by atoms with Crippen LogP contribution in [0.25, 0.3) is 6.08 Å². The summed E-state index contributed by atoms with van der Waals surface area (Å²) >= 11 is 0. The Morgan fingerprint density at radius 2 is 1.80 bits per heavy atom. The van der Waals surface area contributed by atoms with Gasteiger partial charge in [0.05, 0.1) is 7.11 Å². The number of methoxy groups -OCH3 is 1. The van der Waals surface area contributed by atoms with Crippen molar-refractivity contribution in [2.24, 2.45) is 5.73 Å². The Morgan fingerprint density at radius 3 is 2.35 bits per heavy atom. The second-order valence-electron chi connectivity index (χ2n) is 10.7. The summed E-state index contributed by atoms with van der Waals surface area (Å²) in [6.07, 6.45) is 2.04. The van der Waals surface area contributed by atoms with Crippen LogP contribution in [0.1, 0.15) is 63.6 Å². The van der Waals surface area contributed by atoms with Crippen LogP contribution in [0.15, 0.2) is 55.1 Å². The molecule has 2 unspecified atom stereocenters. The molecule has 1 fully saturated rings. The van der Waals surface area contributed by atoms with E-state index in [1.807, 2.05) is 6.07 Å². The molecule has 0 spiro atoms. The van der Waals surface area contributed by atoms with E-state index in [9.17, 15) is 19.2 Å². The zero-order chi connectivity index (χ0) is 29.4. The second kappa shape index (κ2) is 13.1. The van der Waals surface area contributed by atoms with Crippen molar-refractivity contribution in [1.29, 1.82) is 0 Å². The molecule has 2 aromatic rings. The summed E-state index contributed by atoms with van der Waals surface area (Å²) in [5.41, 5.74) is 6.45. The van der Waals surface area contributed by atoms with Crippen LogP contribution in [0.5, 0.6) is 5.75 Å². The number of nitrogens with two attached hydrogens (primary N) is 1.